The Kier molecular flexibility index (Phi) is 3.03. The van der Waals surface area contributed by atoms with Gasteiger partial charge in [-0.3, -0.25) is 0 Å². The summed E-state index contributed by atoms with van der Waals surface area (Å²) in [5, 5.41) is 8.96. The van der Waals surface area contributed by atoms with Gasteiger partial charge in [-0.2, -0.15) is 0 Å². The molecule has 13 heavy (non-hydrogen) atoms. The number of nitrogens with two attached hydrogens (primary N) is 1. The van der Waals surface area contributed by atoms with Gasteiger partial charge in [0.15, 0.2) is 0 Å². The fourth-order valence-electron chi connectivity index (χ4n) is 3.22. The minimum absolute atomic E-state index is 0.115. The van der Waals surface area contributed by atoms with Crippen LogP contribution < -0.4 is 5.73 Å². The standard InChI is InChI=1S/C11H23NO/c1-9-6-10(2,3)8-11(12,7-9)4-5-13/h9,13H,4-8,12H2,1-3H3. The topological polar surface area (TPSA) is 46.2 Å². The molecule has 0 radical (unpaired) electrons. The molecule has 1 aliphatic rings. The van der Waals surface area contributed by atoms with Crippen molar-refractivity contribution in [1.82, 2.24) is 0 Å². The predicted molar refractivity (Wildman–Crippen MR) is 55.4 cm³/mol. The van der Waals surface area contributed by atoms with Crippen LogP contribution in [0.4, 0.5) is 0 Å². The molecule has 0 aromatic rings. The zero-order chi connectivity index (χ0) is 10.1. The minimum Gasteiger partial charge on any atom is -0.396 e. The zero-order valence-electron chi connectivity index (χ0n) is 9.14. The molecule has 1 saturated carbocycles. The average Bonchev–Trinajstić information content (AvgIpc) is 1.78. The number of hydrogen-bond acceptors (Lipinski definition) is 2. The molecule has 1 aliphatic carbocycles. The summed E-state index contributed by atoms with van der Waals surface area (Å²) in [6.07, 6.45) is 4.13. The summed E-state index contributed by atoms with van der Waals surface area (Å²) in [6, 6.07) is 0. The predicted octanol–water partition coefficient (Wildman–Crippen LogP) is 1.91. The van der Waals surface area contributed by atoms with Crippen molar-refractivity contribution >= 4 is 0 Å². The van der Waals surface area contributed by atoms with E-state index >= 15 is 0 Å². The van der Waals surface area contributed by atoms with Crippen LogP contribution in [0.1, 0.15) is 46.5 Å². The quantitative estimate of drug-likeness (QED) is 0.690. The monoisotopic (exact) mass is 185 g/mol. The Morgan fingerprint density at radius 2 is 2.00 bits per heavy atom. The Labute approximate surface area is 81.5 Å². The van der Waals surface area contributed by atoms with E-state index in [0.717, 1.165) is 19.3 Å². The highest BCUT2D eigenvalue weighted by Crippen LogP contribution is 2.43. The summed E-state index contributed by atoms with van der Waals surface area (Å²) in [5.41, 5.74) is 6.51. The van der Waals surface area contributed by atoms with Crippen LogP contribution in [0.3, 0.4) is 0 Å². The second kappa shape index (κ2) is 3.58. The van der Waals surface area contributed by atoms with Gasteiger partial charge >= 0.3 is 0 Å². The van der Waals surface area contributed by atoms with Gasteiger partial charge in [0.05, 0.1) is 0 Å². The van der Waals surface area contributed by atoms with Crippen molar-refractivity contribution in [2.45, 2.75) is 52.0 Å². The molecule has 1 rings (SSSR count). The van der Waals surface area contributed by atoms with Crippen molar-refractivity contribution in [3.05, 3.63) is 0 Å². The van der Waals surface area contributed by atoms with Crippen molar-refractivity contribution in [2.75, 3.05) is 6.61 Å². The number of hydrogen-bond donors (Lipinski definition) is 2. The van der Waals surface area contributed by atoms with E-state index in [-0.39, 0.29) is 12.1 Å². The molecule has 0 bridgehead atoms. The van der Waals surface area contributed by atoms with Crippen LogP contribution in [0, 0.1) is 11.3 Å². The fourth-order valence-corrected chi connectivity index (χ4v) is 3.22. The summed E-state index contributed by atoms with van der Waals surface area (Å²) in [7, 11) is 0. The van der Waals surface area contributed by atoms with Crippen molar-refractivity contribution in [2.24, 2.45) is 17.1 Å². The molecule has 0 aliphatic heterocycles. The van der Waals surface area contributed by atoms with E-state index in [2.05, 4.69) is 20.8 Å². The average molecular weight is 185 g/mol. The molecule has 2 unspecified atom stereocenters. The molecule has 2 atom stereocenters. The third kappa shape index (κ3) is 2.96. The zero-order valence-corrected chi connectivity index (χ0v) is 9.14. The lowest BCUT2D eigenvalue weighted by atomic mass is 9.64. The first-order valence-corrected chi connectivity index (χ1v) is 5.27. The van der Waals surface area contributed by atoms with E-state index in [4.69, 9.17) is 10.8 Å². The highest BCUT2D eigenvalue weighted by Gasteiger charge is 2.39. The van der Waals surface area contributed by atoms with Gasteiger partial charge < -0.3 is 10.8 Å². The summed E-state index contributed by atoms with van der Waals surface area (Å²) < 4.78 is 0. The second-order valence-corrected chi connectivity index (χ2v) is 5.69. The first kappa shape index (κ1) is 11.0. The number of aliphatic hydroxyl groups is 1. The van der Waals surface area contributed by atoms with Crippen LogP contribution >= 0.6 is 0 Å². The van der Waals surface area contributed by atoms with Gasteiger partial charge in [0.1, 0.15) is 0 Å². The lowest BCUT2D eigenvalue weighted by molar-refractivity contribution is 0.0875. The van der Waals surface area contributed by atoms with E-state index in [1.807, 2.05) is 0 Å². The van der Waals surface area contributed by atoms with E-state index in [0.29, 0.717) is 11.3 Å². The second-order valence-electron chi connectivity index (χ2n) is 5.69. The maximum atomic E-state index is 8.96. The molecule has 0 amide bonds. The van der Waals surface area contributed by atoms with Crippen molar-refractivity contribution in [3.63, 3.8) is 0 Å². The van der Waals surface area contributed by atoms with Gasteiger partial charge in [-0.1, -0.05) is 20.8 Å². The van der Waals surface area contributed by atoms with Crippen LogP contribution in [0.25, 0.3) is 0 Å². The smallest absolute Gasteiger partial charge is 0.0448 e. The van der Waals surface area contributed by atoms with Gasteiger partial charge in [0.25, 0.3) is 0 Å². The van der Waals surface area contributed by atoms with E-state index in [1.54, 1.807) is 0 Å². The van der Waals surface area contributed by atoms with Crippen LogP contribution in [0.2, 0.25) is 0 Å². The van der Waals surface area contributed by atoms with Crippen molar-refractivity contribution in [3.8, 4) is 0 Å². The maximum absolute atomic E-state index is 8.96. The molecular formula is C11H23NO. The highest BCUT2D eigenvalue weighted by atomic mass is 16.3. The molecule has 2 heteroatoms. The van der Waals surface area contributed by atoms with Crippen LogP contribution in [-0.4, -0.2) is 17.3 Å². The third-order valence-corrected chi connectivity index (χ3v) is 3.10. The van der Waals surface area contributed by atoms with Crippen molar-refractivity contribution < 1.29 is 5.11 Å². The minimum atomic E-state index is -0.115. The number of aliphatic hydroxyl groups excluding tert-OH is 1. The maximum Gasteiger partial charge on any atom is 0.0448 e. The Hall–Kier alpha value is -0.0800. The molecule has 0 spiro atoms. The molecule has 1 fully saturated rings. The molecule has 0 aromatic carbocycles. The summed E-state index contributed by atoms with van der Waals surface area (Å²) in [6.45, 7) is 7.04. The molecule has 0 saturated heterocycles. The van der Waals surface area contributed by atoms with E-state index in [9.17, 15) is 0 Å². The SMILES string of the molecule is CC1CC(C)(C)CC(N)(CCO)C1. The first-order chi connectivity index (χ1) is 5.87. The van der Waals surface area contributed by atoms with E-state index in [1.165, 1.54) is 6.42 Å². The summed E-state index contributed by atoms with van der Waals surface area (Å²) in [5.74, 6) is 0.695. The largest absolute Gasteiger partial charge is 0.396 e. The highest BCUT2D eigenvalue weighted by molar-refractivity contribution is 4.96. The van der Waals surface area contributed by atoms with Gasteiger partial charge in [0, 0.05) is 12.1 Å². The first-order valence-electron chi connectivity index (χ1n) is 5.27. The lowest BCUT2D eigenvalue weighted by Crippen LogP contribution is -2.49. The van der Waals surface area contributed by atoms with Crippen LogP contribution in [0.15, 0.2) is 0 Å². The summed E-state index contributed by atoms with van der Waals surface area (Å²) in [4.78, 5) is 0. The Morgan fingerprint density at radius 3 is 2.46 bits per heavy atom. The lowest BCUT2D eigenvalue weighted by Gasteiger charge is -2.45. The summed E-state index contributed by atoms with van der Waals surface area (Å²) >= 11 is 0. The molecule has 2 nitrogen and oxygen atoms in total. The normalized spacial score (nSPS) is 39.0. The van der Waals surface area contributed by atoms with Gasteiger partial charge in [-0.05, 0) is 37.0 Å². The van der Waals surface area contributed by atoms with Crippen molar-refractivity contribution in [1.29, 1.82) is 0 Å². The van der Waals surface area contributed by atoms with Gasteiger partial charge in [-0.15, -0.1) is 0 Å². The third-order valence-electron chi connectivity index (χ3n) is 3.10. The Balaban J connectivity index is 2.66. The molecule has 3 N–H and O–H groups in total. The number of rotatable bonds is 2. The Morgan fingerprint density at radius 1 is 1.38 bits per heavy atom. The van der Waals surface area contributed by atoms with Crippen LogP contribution in [0.5, 0.6) is 0 Å². The molecule has 0 heterocycles. The van der Waals surface area contributed by atoms with Gasteiger partial charge in [0.2, 0.25) is 0 Å². The fraction of sp³-hybridized carbons (Fsp3) is 1.00. The van der Waals surface area contributed by atoms with E-state index < -0.39 is 0 Å². The molecule has 78 valence electrons. The van der Waals surface area contributed by atoms with Gasteiger partial charge in [-0.25, -0.2) is 0 Å². The Bertz CT molecular complexity index is 179. The van der Waals surface area contributed by atoms with Crippen LogP contribution in [-0.2, 0) is 0 Å². The molecule has 0 aromatic heterocycles. The molecular weight excluding hydrogens is 162 g/mol.